The van der Waals surface area contributed by atoms with Crippen molar-refractivity contribution in [2.24, 2.45) is 0 Å². The minimum absolute atomic E-state index is 0.000221. The van der Waals surface area contributed by atoms with E-state index >= 15 is 0 Å². The van der Waals surface area contributed by atoms with Gasteiger partial charge in [0.25, 0.3) is 0 Å². The third kappa shape index (κ3) is 32.5. The smallest absolute Gasteiger partial charge is 0.222 e. The Morgan fingerprint density at radius 3 is 1.39 bits per heavy atom. The van der Waals surface area contributed by atoms with Crippen LogP contribution in [0.1, 0.15) is 194 Å². The minimum Gasteiger partial charge on any atom is -0.394 e. The lowest BCUT2D eigenvalue weighted by molar-refractivity contribution is -0.124. The highest BCUT2D eigenvalue weighted by Crippen LogP contribution is 2.13. The Kier molecular flexibility index (Phi) is 35.3. The van der Waals surface area contributed by atoms with Gasteiger partial charge in [-0.3, -0.25) is 4.79 Å². The van der Waals surface area contributed by atoms with Gasteiger partial charge in [-0.2, -0.15) is 0 Å². The number of aliphatic hydroxyl groups is 3. The second kappa shape index (κ2) is 36.4. The molecule has 0 radical (unpaired) electrons. The molecule has 0 aliphatic carbocycles. The van der Waals surface area contributed by atoms with Gasteiger partial charge in [-0.25, -0.2) is 0 Å². The molecular weight excluding hydrogens is 570 g/mol. The van der Waals surface area contributed by atoms with Crippen LogP contribution in [0, 0.1) is 0 Å². The quantitative estimate of drug-likeness (QED) is 0.0407. The fourth-order valence-electron chi connectivity index (χ4n) is 5.82. The van der Waals surface area contributed by atoms with E-state index in [2.05, 4.69) is 43.5 Å². The molecular formula is C41H77NO4. The van der Waals surface area contributed by atoms with Crippen molar-refractivity contribution < 1.29 is 20.1 Å². The zero-order chi connectivity index (χ0) is 33.8. The first-order valence-electron chi connectivity index (χ1n) is 19.8. The molecule has 0 aromatic rings. The molecule has 46 heavy (non-hydrogen) atoms. The molecule has 0 saturated heterocycles. The molecule has 0 aromatic heterocycles. The van der Waals surface area contributed by atoms with E-state index in [1.165, 1.54) is 122 Å². The maximum atomic E-state index is 12.4. The van der Waals surface area contributed by atoms with Gasteiger partial charge in [0.2, 0.25) is 5.91 Å². The van der Waals surface area contributed by atoms with E-state index in [9.17, 15) is 20.1 Å². The topological polar surface area (TPSA) is 89.8 Å². The molecule has 1 amide bonds. The van der Waals surface area contributed by atoms with Crippen LogP contribution >= 0.6 is 0 Å². The van der Waals surface area contributed by atoms with E-state index in [4.69, 9.17) is 0 Å². The van der Waals surface area contributed by atoms with Gasteiger partial charge in [0.05, 0.1) is 31.3 Å². The highest BCUT2D eigenvalue weighted by molar-refractivity contribution is 5.76. The Bertz CT molecular complexity index is 719. The van der Waals surface area contributed by atoms with E-state index in [1.54, 1.807) is 6.08 Å². The molecule has 5 nitrogen and oxygen atoms in total. The molecule has 3 atom stereocenters. The van der Waals surface area contributed by atoms with E-state index in [0.717, 1.165) is 44.9 Å². The number of amides is 1. The summed E-state index contributed by atoms with van der Waals surface area (Å²) < 4.78 is 0. The van der Waals surface area contributed by atoms with E-state index < -0.39 is 18.2 Å². The number of carbonyl (C=O) groups excluding carboxylic acids is 1. The van der Waals surface area contributed by atoms with E-state index in [-0.39, 0.29) is 18.9 Å². The van der Waals surface area contributed by atoms with Gasteiger partial charge in [0, 0.05) is 0 Å². The predicted molar refractivity (Wildman–Crippen MR) is 199 cm³/mol. The molecule has 0 aliphatic rings. The van der Waals surface area contributed by atoms with Crippen LogP contribution in [0.5, 0.6) is 0 Å². The zero-order valence-electron chi connectivity index (χ0n) is 30.5. The molecule has 0 aliphatic heterocycles. The minimum atomic E-state index is -0.951. The van der Waals surface area contributed by atoms with Crippen LogP contribution in [0.2, 0.25) is 0 Å². The number of rotatable bonds is 35. The number of unbranched alkanes of at least 4 members (excludes halogenated alkanes) is 22. The summed E-state index contributed by atoms with van der Waals surface area (Å²) in [5, 5.41) is 33.0. The summed E-state index contributed by atoms with van der Waals surface area (Å²) in [6.45, 7) is 4.17. The van der Waals surface area contributed by atoms with Gasteiger partial charge in [0.1, 0.15) is 0 Å². The first-order valence-corrected chi connectivity index (χ1v) is 19.8. The molecule has 0 bridgehead atoms. The third-order valence-electron chi connectivity index (χ3n) is 8.90. The van der Waals surface area contributed by atoms with Crippen LogP contribution in [0.4, 0.5) is 0 Å². The van der Waals surface area contributed by atoms with Crippen LogP contribution in [0.15, 0.2) is 36.5 Å². The second-order valence-electron chi connectivity index (χ2n) is 13.5. The molecule has 0 heterocycles. The van der Waals surface area contributed by atoms with Crippen LogP contribution < -0.4 is 5.32 Å². The number of aliphatic hydroxyl groups excluding tert-OH is 3. The summed E-state index contributed by atoms with van der Waals surface area (Å²) >= 11 is 0. The molecule has 0 saturated carbocycles. The van der Waals surface area contributed by atoms with Gasteiger partial charge in [-0.15, -0.1) is 0 Å². The number of hydrogen-bond donors (Lipinski definition) is 4. The lowest BCUT2D eigenvalue weighted by Crippen LogP contribution is -2.45. The summed E-state index contributed by atoms with van der Waals surface area (Å²) in [7, 11) is 0. The normalized spacial score (nSPS) is 14.1. The number of hydrogen-bond acceptors (Lipinski definition) is 4. The molecule has 5 heteroatoms. The number of carbonyl (C=O) groups is 1. The standard InChI is InChI=1S/C41H77NO4/c1-3-5-7-9-11-13-15-17-18-19-20-21-23-24-26-28-30-32-34-38(44)36-41(46)42-39(37-43)40(45)35-33-31-29-27-25-22-16-14-12-10-8-6-4-2/h20-21,25,27,33,35,38-40,43-45H,3-19,22-24,26,28-32,34,36-37H2,1-2H3,(H,42,46)/b21-20-,27-25+,35-33+. The Labute approximate surface area is 285 Å². The summed E-state index contributed by atoms with van der Waals surface area (Å²) in [5.41, 5.74) is 0. The van der Waals surface area contributed by atoms with Crippen LogP contribution in [-0.4, -0.2) is 46.1 Å². The van der Waals surface area contributed by atoms with Crippen molar-refractivity contribution in [3.05, 3.63) is 36.5 Å². The second-order valence-corrected chi connectivity index (χ2v) is 13.5. The van der Waals surface area contributed by atoms with Crippen molar-refractivity contribution in [2.45, 2.75) is 212 Å². The lowest BCUT2D eigenvalue weighted by atomic mass is 10.0. The summed E-state index contributed by atoms with van der Waals surface area (Å²) in [4.78, 5) is 12.4. The summed E-state index contributed by atoms with van der Waals surface area (Å²) in [6.07, 6.45) is 44.2. The van der Waals surface area contributed by atoms with Gasteiger partial charge >= 0.3 is 0 Å². The largest absolute Gasteiger partial charge is 0.394 e. The van der Waals surface area contributed by atoms with Crippen molar-refractivity contribution in [1.29, 1.82) is 0 Å². The van der Waals surface area contributed by atoms with Crippen LogP contribution in [-0.2, 0) is 4.79 Å². The Hall–Kier alpha value is -1.43. The van der Waals surface area contributed by atoms with Gasteiger partial charge in [-0.05, 0) is 57.8 Å². The molecule has 270 valence electrons. The van der Waals surface area contributed by atoms with Gasteiger partial charge in [0.15, 0.2) is 0 Å². The van der Waals surface area contributed by atoms with E-state index in [1.807, 2.05) is 6.08 Å². The van der Waals surface area contributed by atoms with Crippen molar-refractivity contribution in [1.82, 2.24) is 5.32 Å². The predicted octanol–water partition coefficient (Wildman–Crippen LogP) is 10.8. The van der Waals surface area contributed by atoms with Gasteiger partial charge in [-0.1, -0.05) is 166 Å². The van der Waals surface area contributed by atoms with Crippen molar-refractivity contribution in [2.75, 3.05) is 6.61 Å². The van der Waals surface area contributed by atoms with Crippen molar-refractivity contribution in [3.8, 4) is 0 Å². The summed E-state index contributed by atoms with van der Waals surface area (Å²) in [6, 6.07) is -0.761. The van der Waals surface area contributed by atoms with Crippen molar-refractivity contribution >= 4 is 5.91 Å². The zero-order valence-corrected chi connectivity index (χ0v) is 30.5. The summed E-state index contributed by atoms with van der Waals surface area (Å²) in [5.74, 6) is -0.332. The average Bonchev–Trinajstić information content (AvgIpc) is 3.05. The SMILES string of the molecule is CCCCCCCCC/C=C/CC/C=C/C(O)C(CO)NC(=O)CC(O)CCCCCCC/C=C\CCCCCCCCCCC. The Morgan fingerprint density at radius 2 is 0.935 bits per heavy atom. The molecule has 0 aromatic carbocycles. The lowest BCUT2D eigenvalue weighted by Gasteiger charge is -2.20. The van der Waals surface area contributed by atoms with E-state index in [0.29, 0.717) is 6.42 Å². The highest BCUT2D eigenvalue weighted by Gasteiger charge is 2.20. The Balaban J connectivity index is 3.75. The first kappa shape index (κ1) is 44.6. The number of nitrogens with one attached hydrogen (secondary N) is 1. The molecule has 3 unspecified atom stereocenters. The average molecular weight is 648 g/mol. The van der Waals surface area contributed by atoms with Crippen LogP contribution in [0.3, 0.4) is 0 Å². The molecule has 0 spiro atoms. The maximum Gasteiger partial charge on any atom is 0.222 e. The fourth-order valence-corrected chi connectivity index (χ4v) is 5.82. The Morgan fingerprint density at radius 1 is 0.543 bits per heavy atom. The maximum absolute atomic E-state index is 12.4. The molecule has 0 fully saturated rings. The first-order chi connectivity index (χ1) is 22.5. The monoisotopic (exact) mass is 648 g/mol. The molecule has 4 N–H and O–H groups in total. The third-order valence-corrected chi connectivity index (χ3v) is 8.90. The highest BCUT2D eigenvalue weighted by atomic mass is 16.3. The fraction of sp³-hybridized carbons (Fsp3) is 0.829. The number of allylic oxidation sites excluding steroid dienone is 5. The molecule has 0 rings (SSSR count). The van der Waals surface area contributed by atoms with Crippen LogP contribution in [0.25, 0.3) is 0 Å². The van der Waals surface area contributed by atoms with Crippen molar-refractivity contribution in [3.63, 3.8) is 0 Å². The van der Waals surface area contributed by atoms with Gasteiger partial charge < -0.3 is 20.6 Å².